The van der Waals surface area contributed by atoms with Gasteiger partial charge in [-0.25, -0.2) is 0 Å². The lowest BCUT2D eigenvalue weighted by Gasteiger charge is -2.19. The maximum absolute atomic E-state index is 12.2. The number of thioether (sulfide) groups is 1. The Morgan fingerprint density at radius 2 is 2.11 bits per heavy atom. The van der Waals surface area contributed by atoms with Gasteiger partial charge in [-0.2, -0.15) is 13.2 Å². The zero-order chi connectivity index (χ0) is 13.9. The SMILES string of the molecule is CN(CC(F)(F)F)c1nnc(SCC(=O)O)n1C. The highest BCUT2D eigenvalue weighted by Crippen LogP contribution is 2.22. The molecule has 1 rings (SSSR count). The third kappa shape index (κ3) is 4.09. The lowest BCUT2D eigenvalue weighted by atomic mass is 10.5. The fraction of sp³-hybridized carbons (Fsp3) is 0.625. The molecule has 0 fully saturated rings. The highest BCUT2D eigenvalue weighted by Gasteiger charge is 2.31. The lowest BCUT2D eigenvalue weighted by molar-refractivity contribution is -0.134. The van der Waals surface area contributed by atoms with Crippen molar-refractivity contribution in [3.05, 3.63) is 0 Å². The molecule has 1 N–H and O–H groups in total. The first-order valence-electron chi connectivity index (χ1n) is 4.72. The second-order valence-electron chi connectivity index (χ2n) is 3.50. The molecule has 10 heteroatoms. The van der Waals surface area contributed by atoms with Crippen LogP contribution >= 0.6 is 11.8 Å². The molecule has 0 saturated heterocycles. The topological polar surface area (TPSA) is 71.2 Å². The molecule has 1 heterocycles. The zero-order valence-electron chi connectivity index (χ0n) is 9.60. The molecule has 1 aromatic rings. The van der Waals surface area contributed by atoms with Crippen molar-refractivity contribution in [2.24, 2.45) is 7.05 Å². The first kappa shape index (κ1) is 14.6. The van der Waals surface area contributed by atoms with Gasteiger partial charge in [0.15, 0.2) is 5.16 Å². The number of hydrogen-bond acceptors (Lipinski definition) is 5. The van der Waals surface area contributed by atoms with E-state index in [4.69, 9.17) is 5.11 Å². The van der Waals surface area contributed by atoms with Crippen molar-refractivity contribution < 1.29 is 23.1 Å². The van der Waals surface area contributed by atoms with E-state index in [1.165, 1.54) is 18.7 Å². The average molecular weight is 284 g/mol. The maximum Gasteiger partial charge on any atom is 0.406 e. The number of alkyl halides is 3. The molecule has 0 aliphatic rings. The van der Waals surface area contributed by atoms with E-state index < -0.39 is 18.7 Å². The van der Waals surface area contributed by atoms with E-state index in [2.05, 4.69) is 10.2 Å². The molecule has 1 aromatic heterocycles. The number of rotatable bonds is 5. The zero-order valence-corrected chi connectivity index (χ0v) is 10.4. The van der Waals surface area contributed by atoms with Crippen LogP contribution in [0.15, 0.2) is 5.16 Å². The van der Waals surface area contributed by atoms with Crippen LogP contribution in [0, 0.1) is 0 Å². The van der Waals surface area contributed by atoms with Gasteiger partial charge in [0.2, 0.25) is 5.95 Å². The van der Waals surface area contributed by atoms with E-state index in [0.717, 1.165) is 16.7 Å². The summed E-state index contributed by atoms with van der Waals surface area (Å²) in [7, 11) is 2.72. The summed E-state index contributed by atoms with van der Waals surface area (Å²) >= 11 is 0.893. The van der Waals surface area contributed by atoms with Gasteiger partial charge in [-0.3, -0.25) is 9.36 Å². The molecule has 0 aromatic carbocycles. The Kier molecular flexibility index (Phi) is 4.43. The van der Waals surface area contributed by atoms with Gasteiger partial charge < -0.3 is 10.0 Å². The molecule has 0 aliphatic carbocycles. The van der Waals surface area contributed by atoms with Crippen LogP contribution < -0.4 is 4.90 Å². The van der Waals surface area contributed by atoms with E-state index in [1.54, 1.807) is 0 Å². The summed E-state index contributed by atoms with van der Waals surface area (Å²) in [5.41, 5.74) is 0. The van der Waals surface area contributed by atoms with Gasteiger partial charge >= 0.3 is 12.1 Å². The third-order valence-corrected chi connectivity index (χ3v) is 2.90. The summed E-state index contributed by atoms with van der Waals surface area (Å²) in [6.45, 7) is -1.15. The van der Waals surface area contributed by atoms with Gasteiger partial charge in [0.25, 0.3) is 0 Å². The lowest BCUT2D eigenvalue weighted by Crippen LogP contribution is -2.32. The van der Waals surface area contributed by atoms with Gasteiger partial charge in [0, 0.05) is 14.1 Å². The largest absolute Gasteiger partial charge is 0.481 e. The second kappa shape index (κ2) is 5.46. The molecule has 0 amide bonds. The Hall–Kier alpha value is -1.45. The van der Waals surface area contributed by atoms with Crippen LogP contribution in [0.5, 0.6) is 0 Å². The van der Waals surface area contributed by atoms with Crippen molar-refractivity contribution in [2.75, 3.05) is 24.2 Å². The fourth-order valence-electron chi connectivity index (χ4n) is 1.23. The van der Waals surface area contributed by atoms with Gasteiger partial charge in [-0.05, 0) is 0 Å². The van der Waals surface area contributed by atoms with Crippen molar-refractivity contribution >= 4 is 23.7 Å². The highest BCUT2D eigenvalue weighted by atomic mass is 32.2. The highest BCUT2D eigenvalue weighted by molar-refractivity contribution is 7.99. The quantitative estimate of drug-likeness (QED) is 0.813. The number of anilines is 1. The van der Waals surface area contributed by atoms with E-state index in [9.17, 15) is 18.0 Å². The summed E-state index contributed by atoms with van der Waals surface area (Å²) < 4.78 is 37.9. The number of carboxylic acid groups (broad SMARTS) is 1. The summed E-state index contributed by atoms with van der Waals surface area (Å²) in [5.74, 6) is -1.23. The van der Waals surface area contributed by atoms with Crippen LogP contribution in [0.25, 0.3) is 0 Å². The molecule has 0 aliphatic heterocycles. The number of carboxylic acids is 1. The van der Waals surface area contributed by atoms with Gasteiger partial charge in [0.1, 0.15) is 6.54 Å². The molecule has 102 valence electrons. The molecule has 0 saturated carbocycles. The first-order chi connectivity index (χ1) is 8.20. The van der Waals surface area contributed by atoms with Crippen molar-refractivity contribution in [2.45, 2.75) is 11.3 Å². The minimum absolute atomic E-state index is 0.0280. The standard InChI is InChI=1S/C8H11F3N4O2S/c1-14(4-8(9,10)11)6-12-13-7(15(6)2)18-3-5(16)17/h3-4H2,1-2H3,(H,16,17). The predicted octanol–water partition coefficient (Wildman–Crippen LogP) is 0.990. The molecular formula is C8H11F3N4O2S. The van der Waals surface area contributed by atoms with E-state index in [-0.39, 0.29) is 16.9 Å². The van der Waals surface area contributed by atoms with Crippen molar-refractivity contribution in [1.82, 2.24) is 14.8 Å². The number of carbonyl (C=O) groups is 1. The maximum atomic E-state index is 12.2. The minimum Gasteiger partial charge on any atom is -0.481 e. The van der Waals surface area contributed by atoms with Gasteiger partial charge in [0.05, 0.1) is 5.75 Å². The van der Waals surface area contributed by atoms with Crippen molar-refractivity contribution in [3.63, 3.8) is 0 Å². The monoisotopic (exact) mass is 284 g/mol. The van der Waals surface area contributed by atoms with Crippen LogP contribution in [-0.4, -0.2) is 51.4 Å². The molecule has 0 unspecified atom stereocenters. The Morgan fingerprint density at radius 1 is 1.50 bits per heavy atom. The molecule has 0 bridgehead atoms. The number of halogens is 3. The van der Waals surface area contributed by atoms with E-state index >= 15 is 0 Å². The number of hydrogen-bond donors (Lipinski definition) is 1. The second-order valence-corrected chi connectivity index (χ2v) is 4.44. The smallest absolute Gasteiger partial charge is 0.406 e. The van der Waals surface area contributed by atoms with Crippen LogP contribution in [0.2, 0.25) is 0 Å². The summed E-state index contributed by atoms with van der Waals surface area (Å²) in [5, 5.41) is 16.0. The third-order valence-electron chi connectivity index (χ3n) is 1.89. The van der Waals surface area contributed by atoms with Crippen LogP contribution in [0.4, 0.5) is 19.1 Å². The predicted molar refractivity (Wildman–Crippen MR) is 58.7 cm³/mol. The number of aromatic nitrogens is 3. The van der Waals surface area contributed by atoms with Crippen LogP contribution in [-0.2, 0) is 11.8 Å². The van der Waals surface area contributed by atoms with Crippen LogP contribution in [0.1, 0.15) is 0 Å². The van der Waals surface area contributed by atoms with Crippen molar-refractivity contribution in [1.29, 1.82) is 0 Å². The van der Waals surface area contributed by atoms with Gasteiger partial charge in [-0.1, -0.05) is 11.8 Å². The number of aliphatic carboxylic acids is 1. The molecule has 6 nitrogen and oxygen atoms in total. The Labute approximate surface area is 105 Å². The Morgan fingerprint density at radius 3 is 2.61 bits per heavy atom. The first-order valence-corrected chi connectivity index (χ1v) is 5.71. The van der Waals surface area contributed by atoms with E-state index in [0.29, 0.717) is 0 Å². The molecule has 0 radical (unpaired) electrons. The molecule has 0 spiro atoms. The Bertz CT molecular complexity index is 434. The summed E-state index contributed by atoms with van der Waals surface area (Å²) in [6, 6.07) is 0. The Balaban J connectivity index is 2.76. The van der Waals surface area contributed by atoms with Gasteiger partial charge in [-0.15, -0.1) is 10.2 Å². The summed E-state index contributed by atoms with van der Waals surface area (Å²) in [4.78, 5) is 11.3. The van der Waals surface area contributed by atoms with Crippen molar-refractivity contribution in [3.8, 4) is 0 Å². The minimum atomic E-state index is -4.34. The molecule has 18 heavy (non-hydrogen) atoms. The normalized spacial score (nSPS) is 11.6. The summed E-state index contributed by atoms with van der Waals surface area (Å²) in [6.07, 6.45) is -4.34. The molecular weight excluding hydrogens is 273 g/mol. The van der Waals surface area contributed by atoms with E-state index in [1.807, 2.05) is 0 Å². The van der Waals surface area contributed by atoms with Crippen LogP contribution in [0.3, 0.4) is 0 Å². The molecule has 0 atom stereocenters. The average Bonchev–Trinajstić information content (AvgIpc) is 2.54. The fourth-order valence-corrected chi connectivity index (χ4v) is 1.86. The number of nitrogens with zero attached hydrogens (tertiary/aromatic N) is 4.